The number of nitrogens with one attached hydrogen (secondary N) is 1. The van der Waals surface area contributed by atoms with E-state index < -0.39 is 10.0 Å². The number of hydrogen-bond acceptors (Lipinski definition) is 4. The molecule has 0 bridgehead atoms. The summed E-state index contributed by atoms with van der Waals surface area (Å²) in [4.78, 5) is 17.5. The van der Waals surface area contributed by atoms with Crippen LogP contribution in [0.1, 0.15) is 45.7 Å². The van der Waals surface area contributed by atoms with Crippen molar-refractivity contribution in [2.45, 2.75) is 49.6 Å². The SMILES string of the molecule is Cc1ccc(C(=O)NC2Cc3ccccc3C23CCN(S(=O)(=O)c2cn(C)c(C)n2)CC3)c(Cl)c1. The first-order chi connectivity index (χ1) is 16.6. The average Bonchev–Trinajstić information content (AvgIpc) is 3.31. The van der Waals surface area contributed by atoms with Gasteiger partial charge in [0.1, 0.15) is 5.82 Å². The molecule has 1 N–H and O–H groups in total. The number of fused-ring (bicyclic) bond motifs is 2. The van der Waals surface area contributed by atoms with Crippen LogP contribution in [0.25, 0.3) is 0 Å². The number of carbonyl (C=O) groups excluding carboxylic acids is 1. The number of hydrogen-bond donors (Lipinski definition) is 1. The fourth-order valence-electron chi connectivity index (χ4n) is 5.54. The lowest BCUT2D eigenvalue weighted by Gasteiger charge is -2.43. The van der Waals surface area contributed by atoms with Crippen LogP contribution in [0.4, 0.5) is 0 Å². The van der Waals surface area contributed by atoms with Gasteiger partial charge in [-0.1, -0.05) is 41.9 Å². The summed E-state index contributed by atoms with van der Waals surface area (Å²) >= 11 is 6.37. The molecule has 1 saturated heterocycles. The third-order valence-electron chi connectivity index (χ3n) is 7.62. The van der Waals surface area contributed by atoms with E-state index in [1.165, 1.54) is 15.4 Å². The molecule has 9 heteroatoms. The lowest BCUT2D eigenvalue weighted by molar-refractivity contribution is 0.0897. The molecule has 1 fully saturated rings. The van der Waals surface area contributed by atoms with Gasteiger partial charge >= 0.3 is 0 Å². The first-order valence-corrected chi connectivity index (χ1v) is 13.6. The van der Waals surface area contributed by atoms with Gasteiger partial charge in [0.2, 0.25) is 0 Å². The van der Waals surface area contributed by atoms with E-state index in [0.29, 0.717) is 48.8 Å². The van der Waals surface area contributed by atoms with Crippen molar-refractivity contribution in [1.29, 1.82) is 0 Å². The molecular formula is C26H29ClN4O3S. The van der Waals surface area contributed by atoms with Crippen molar-refractivity contribution in [1.82, 2.24) is 19.2 Å². The number of amides is 1. The van der Waals surface area contributed by atoms with Crippen molar-refractivity contribution in [3.63, 3.8) is 0 Å². The molecule has 1 atom stereocenters. The molecular weight excluding hydrogens is 484 g/mol. The Bertz CT molecular complexity index is 1390. The average molecular weight is 513 g/mol. The van der Waals surface area contributed by atoms with Crippen LogP contribution in [0.15, 0.2) is 53.7 Å². The second-order valence-electron chi connectivity index (χ2n) is 9.67. The summed E-state index contributed by atoms with van der Waals surface area (Å²) in [7, 11) is -1.90. The van der Waals surface area contributed by atoms with E-state index >= 15 is 0 Å². The molecule has 2 aromatic carbocycles. The molecule has 0 saturated carbocycles. The number of nitrogens with zero attached hydrogens (tertiary/aromatic N) is 3. The highest BCUT2D eigenvalue weighted by atomic mass is 35.5. The van der Waals surface area contributed by atoms with Crippen molar-refractivity contribution < 1.29 is 13.2 Å². The van der Waals surface area contributed by atoms with Crippen molar-refractivity contribution >= 4 is 27.5 Å². The van der Waals surface area contributed by atoms with Crippen molar-refractivity contribution in [3.8, 4) is 0 Å². The van der Waals surface area contributed by atoms with Crippen LogP contribution in [0.2, 0.25) is 5.02 Å². The predicted octanol–water partition coefficient (Wildman–Crippen LogP) is 3.77. The van der Waals surface area contributed by atoms with Gasteiger partial charge in [0.15, 0.2) is 5.03 Å². The minimum Gasteiger partial charge on any atom is -0.348 e. The first kappa shape index (κ1) is 24.0. The van der Waals surface area contributed by atoms with Crippen LogP contribution in [0, 0.1) is 13.8 Å². The Balaban J connectivity index is 1.42. The number of rotatable bonds is 4. The zero-order valence-corrected chi connectivity index (χ0v) is 21.7. The van der Waals surface area contributed by atoms with Crippen LogP contribution in [0.5, 0.6) is 0 Å². The van der Waals surface area contributed by atoms with Crippen LogP contribution < -0.4 is 5.32 Å². The van der Waals surface area contributed by atoms with Crippen LogP contribution in [-0.2, 0) is 28.9 Å². The van der Waals surface area contributed by atoms with Gasteiger partial charge in [0.25, 0.3) is 15.9 Å². The van der Waals surface area contributed by atoms with Gasteiger partial charge in [-0.15, -0.1) is 0 Å². The maximum atomic E-state index is 13.3. The molecule has 184 valence electrons. The molecule has 1 aliphatic heterocycles. The van der Waals surface area contributed by atoms with E-state index in [0.717, 1.165) is 5.56 Å². The monoisotopic (exact) mass is 512 g/mol. The Kier molecular flexibility index (Phi) is 6.02. The molecule has 1 aromatic heterocycles. The molecule has 35 heavy (non-hydrogen) atoms. The van der Waals surface area contributed by atoms with Gasteiger partial charge < -0.3 is 9.88 Å². The van der Waals surface area contributed by atoms with Crippen LogP contribution >= 0.6 is 11.6 Å². The lowest BCUT2D eigenvalue weighted by atomic mass is 9.71. The number of aryl methyl sites for hydroxylation is 3. The quantitative estimate of drug-likeness (QED) is 0.576. The molecule has 1 spiro atoms. The number of carbonyl (C=O) groups is 1. The summed E-state index contributed by atoms with van der Waals surface area (Å²) in [6, 6.07) is 13.5. The van der Waals surface area contributed by atoms with Gasteiger partial charge in [0.05, 0.1) is 10.6 Å². The molecule has 2 heterocycles. The third-order valence-corrected chi connectivity index (χ3v) is 9.71. The van der Waals surface area contributed by atoms with Crippen LogP contribution in [0.3, 0.4) is 0 Å². The standard InChI is InChI=1S/C26H29ClN4O3S/c1-17-8-9-20(22(27)14-17)25(32)29-23-15-19-6-4-5-7-21(19)26(23)10-12-31(13-11-26)35(33,34)24-16-30(3)18(2)28-24/h4-9,14,16,23H,10-13,15H2,1-3H3,(H,29,32). The zero-order chi connectivity index (χ0) is 25.0. The number of piperidine rings is 1. The van der Waals surface area contributed by atoms with E-state index in [9.17, 15) is 13.2 Å². The molecule has 0 radical (unpaired) electrons. The van der Waals surface area contributed by atoms with E-state index in [-0.39, 0.29) is 22.4 Å². The number of halogens is 1. The maximum Gasteiger partial charge on any atom is 0.262 e. The fourth-order valence-corrected chi connectivity index (χ4v) is 7.33. The highest BCUT2D eigenvalue weighted by Gasteiger charge is 2.50. The first-order valence-electron chi connectivity index (χ1n) is 11.8. The Morgan fingerprint density at radius 1 is 1.14 bits per heavy atom. The van der Waals surface area contributed by atoms with E-state index in [4.69, 9.17) is 11.6 Å². The molecule has 5 rings (SSSR count). The summed E-state index contributed by atoms with van der Waals surface area (Å²) < 4.78 is 29.8. The third kappa shape index (κ3) is 4.07. The van der Waals surface area contributed by atoms with Gasteiger partial charge in [0, 0.05) is 37.8 Å². The molecule has 1 amide bonds. The van der Waals surface area contributed by atoms with E-state index in [1.807, 2.05) is 25.1 Å². The van der Waals surface area contributed by atoms with Gasteiger partial charge in [-0.2, -0.15) is 4.31 Å². The topological polar surface area (TPSA) is 84.3 Å². The number of sulfonamides is 1. The Hall–Kier alpha value is -2.68. The Morgan fingerprint density at radius 2 is 1.86 bits per heavy atom. The number of benzene rings is 2. The van der Waals surface area contributed by atoms with Crippen LogP contribution in [-0.4, -0.2) is 47.3 Å². The minimum absolute atomic E-state index is 0.0825. The second kappa shape index (κ2) is 8.76. The second-order valence-corrected chi connectivity index (χ2v) is 12.0. The molecule has 1 unspecified atom stereocenters. The Labute approximate surface area is 211 Å². The van der Waals surface area contributed by atoms with Gasteiger partial charge in [-0.05, 0) is 61.9 Å². The highest BCUT2D eigenvalue weighted by Crippen LogP contribution is 2.47. The van der Waals surface area contributed by atoms with E-state index in [2.05, 4.69) is 22.4 Å². The summed E-state index contributed by atoms with van der Waals surface area (Å²) in [5.74, 6) is 0.450. The molecule has 1 aliphatic carbocycles. The Morgan fingerprint density at radius 3 is 2.51 bits per heavy atom. The summed E-state index contributed by atoms with van der Waals surface area (Å²) in [6.07, 6.45) is 3.50. The molecule has 7 nitrogen and oxygen atoms in total. The van der Waals surface area contributed by atoms with Gasteiger partial charge in [-0.25, -0.2) is 13.4 Å². The fraction of sp³-hybridized carbons (Fsp3) is 0.385. The van der Waals surface area contributed by atoms with Crippen molar-refractivity contribution in [2.24, 2.45) is 7.05 Å². The highest BCUT2D eigenvalue weighted by molar-refractivity contribution is 7.89. The van der Waals surface area contributed by atoms with Crippen molar-refractivity contribution in [3.05, 3.63) is 81.8 Å². The smallest absolute Gasteiger partial charge is 0.262 e. The lowest BCUT2D eigenvalue weighted by Crippen LogP contribution is -2.54. The van der Waals surface area contributed by atoms with E-state index in [1.54, 1.807) is 36.9 Å². The number of imidazole rings is 1. The molecule has 3 aromatic rings. The normalized spacial score (nSPS) is 19.6. The van der Waals surface area contributed by atoms with Gasteiger partial charge in [-0.3, -0.25) is 4.79 Å². The minimum atomic E-state index is -3.68. The summed E-state index contributed by atoms with van der Waals surface area (Å²) in [5, 5.41) is 3.76. The predicted molar refractivity (Wildman–Crippen MR) is 135 cm³/mol. The van der Waals surface area contributed by atoms with Crippen molar-refractivity contribution in [2.75, 3.05) is 13.1 Å². The summed E-state index contributed by atoms with van der Waals surface area (Å²) in [6.45, 7) is 4.45. The largest absolute Gasteiger partial charge is 0.348 e. The summed E-state index contributed by atoms with van der Waals surface area (Å²) in [5.41, 5.74) is 3.51. The number of aromatic nitrogens is 2. The maximum absolute atomic E-state index is 13.3. The molecule has 2 aliphatic rings. The zero-order valence-electron chi connectivity index (χ0n) is 20.1.